The van der Waals surface area contributed by atoms with Crippen LogP contribution in [0.1, 0.15) is 24.3 Å². The second kappa shape index (κ2) is 6.52. The van der Waals surface area contributed by atoms with Gasteiger partial charge in [-0.25, -0.2) is 0 Å². The Bertz CT molecular complexity index is 688. The molecule has 0 radical (unpaired) electrons. The maximum Gasteiger partial charge on any atom is 0.416 e. The van der Waals surface area contributed by atoms with E-state index < -0.39 is 17.2 Å². The number of rotatable bonds is 4. The molecule has 1 aromatic carbocycles. The van der Waals surface area contributed by atoms with E-state index in [0.717, 1.165) is 38.1 Å². The van der Waals surface area contributed by atoms with Gasteiger partial charge in [-0.15, -0.1) is 0 Å². The number of alkyl halides is 3. The zero-order valence-electron chi connectivity index (χ0n) is 13.2. The van der Waals surface area contributed by atoms with Crippen molar-refractivity contribution in [3.05, 3.63) is 35.7 Å². The Morgan fingerprint density at radius 2 is 2.04 bits per heavy atom. The molecule has 130 valence electrons. The molecular formula is C16H18F3N3O2. The van der Waals surface area contributed by atoms with E-state index in [9.17, 15) is 13.2 Å². The van der Waals surface area contributed by atoms with Crippen molar-refractivity contribution >= 4 is 0 Å². The largest absolute Gasteiger partial charge is 0.416 e. The number of hydrogen-bond donors (Lipinski definition) is 1. The number of nitrogens with zero attached hydrogens (tertiary/aromatic N) is 2. The van der Waals surface area contributed by atoms with Crippen LogP contribution < -0.4 is 5.32 Å². The summed E-state index contributed by atoms with van der Waals surface area (Å²) in [6.45, 7) is 2.02. The van der Waals surface area contributed by atoms with E-state index in [1.54, 1.807) is 7.11 Å². The predicted molar refractivity (Wildman–Crippen MR) is 80.4 cm³/mol. The van der Waals surface area contributed by atoms with Crippen molar-refractivity contribution in [2.45, 2.75) is 24.4 Å². The first-order valence-electron chi connectivity index (χ1n) is 7.66. The third-order valence-electron chi connectivity index (χ3n) is 4.31. The lowest BCUT2D eigenvalue weighted by Crippen LogP contribution is -2.43. The molecule has 0 spiro atoms. The maximum atomic E-state index is 12.9. The summed E-state index contributed by atoms with van der Waals surface area (Å²) in [4.78, 5) is 4.37. The smallest absolute Gasteiger partial charge is 0.384 e. The van der Waals surface area contributed by atoms with Gasteiger partial charge < -0.3 is 14.6 Å². The van der Waals surface area contributed by atoms with E-state index in [1.165, 1.54) is 12.1 Å². The van der Waals surface area contributed by atoms with E-state index in [-0.39, 0.29) is 11.4 Å². The van der Waals surface area contributed by atoms with Crippen LogP contribution in [0.2, 0.25) is 0 Å². The van der Waals surface area contributed by atoms with Gasteiger partial charge in [0, 0.05) is 12.7 Å². The number of piperidine rings is 1. The molecule has 0 saturated carbocycles. The monoisotopic (exact) mass is 341 g/mol. The lowest BCUT2D eigenvalue weighted by atomic mass is 9.79. The fourth-order valence-corrected chi connectivity index (χ4v) is 2.99. The fourth-order valence-electron chi connectivity index (χ4n) is 2.99. The van der Waals surface area contributed by atoms with Gasteiger partial charge in [-0.05, 0) is 38.1 Å². The van der Waals surface area contributed by atoms with Crippen molar-refractivity contribution in [3.63, 3.8) is 0 Å². The molecule has 0 bridgehead atoms. The van der Waals surface area contributed by atoms with Gasteiger partial charge in [-0.1, -0.05) is 17.3 Å². The van der Waals surface area contributed by atoms with Crippen LogP contribution in [0.15, 0.2) is 28.8 Å². The summed E-state index contributed by atoms with van der Waals surface area (Å²) in [5.41, 5.74) is -0.853. The molecule has 5 nitrogen and oxygen atoms in total. The molecule has 24 heavy (non-hydrogen) atoms. The molecule has 2 heterocycles. The van der Waals surface area contributed by atoms with Gasteiger partial charge in [0.25, 0.3) is 0 Å². The Morgan fingerprint density at radius 3 is 2.71 bits per heavy atom. The molecule has 0 atom stereocenters. The topological polar surface area (TPSA) is 60.2 Å². The number of nitrogens with one attached hydrogen (secondary N) is 1. The van der Waals surface area contributed by atoms with Crippen LogP contribution in [-0.2, 0) is 16.3 Å². The van der Waals surface area contributed by atoms with Gasteiger partial charge in [0.05, 0.1) is 17.6 Å². The molecule has 2 aromatic rings. The van der Waals surface area contributed by atoms with Crippen LogP contribution in [0.25, 0.3) is 11.4 Å². The first-order valence-corrected chi connectivity index (χ1v) is 7.66. The highest BCUT2D eigenvalue weighted by Crippen LogP contribution is 2.35. The summed E-state index contributed by atoms with van der Waals surface area (Å²) in [5.74, 6) is 0.573. The quantitative estimate of drug-likeness (QED) is 0.926. The van der Waals surface area contributed by atoms with Gasteiger partial charge >= 0.3 is 6.18 Å². The summed E-state index contributed by atoms with van der Waals surface area (Å²) in [5, 5.41) is 7.14. The molecule has 1 aliphatic rings. The second-order valence-corrected chi connectivity index (χ2v) is 5.97. The number of hydrogen-bond acceptors (Lipinski definition) is 5. The molecule has 0 aliphatic carbocycles. The number of methoxy groups -OCH3 is 1. The SMILES string of the molecule is COCC1(c2nc(-c3cccc(C(F)(F)F)c3)no2)CCNCC1. The minimum Gasteiger partial charge on any atom is -0.384 e. The molecular weight excluding hydrogens is 323 g/mol. The lowest BCUT2D eigenvalue weighted by molar-refractivity contribution is -0.137. The molecule has 8 heteroatoms. The Kier molecular flexibility index (Phi) is 4.60. The minimum atomic E-state index is -4.41. The summed E-state index contributed by atoms with van der Waals surface area (Å²) in [7, 11) is 1.61. The predicted octanol–water partition coefficient (Wildman–Crippen LogP) is 3.02. The van der Waals surface area contributed by atoms with Crippen LogP contribution in [0.3, 0.4) is 0 Å². The zero-order chi connectivity index (χ0) is 17.2. The normalized spacial score (nSPS) is 17.8. The molecule has 0 amide bonds. The number of halogens is 3. The third kappa shape index (κ3) is 3.29. The highest BCUT2D eigenvalue weighted by molar-refractivity contribution is 5.56. The van der Waals surface area contributed by atoms with Gasteiger partial charge in [-0.2, -0.15) is 18.2 Å². The zero-order valence-corrected chi connectivity index (χ0v) is 13.2. The number of ether oxygens (including phenoxy) is 1. The maximum absolute atomic E-state index is 12.9. The van der Waals surface area contributed by atoms with Gasteiger partial charge in [-0.3, -0.25) is 0 Å². The van der Waals surface area contributed by atoms with Crippen LogP contribution >= 0.6 is 0 Å². The average Bonchev–Trinajstić information content (AvgIpc) is 3.06. The average molecular weight is 341 g/mol. The van der Waals surface area contributed by atoms with E-state index in [2.05, 4.69) is 15.5 Å². The fraction of sp³-hybridized carbons (Fsp3) is 0.500. The van der Waals surface area contributed by atoms with Crippen LogP contribution in [0.4, 0.5) is 13.2 Å². The van der Waals surface area contributed by atoms with E-state index in [4.69, 9.17) is 9.26 Å². The van der Waals surface area contributed by atoms with Crippen LogP contribution in [0.5, 0.6) is 0 Å². The summed E-state index contributed by atoms with van der Waals surface area (Å²) in [6.07, 6.45) is -2.87. The van der Waals surface area contributed by atoms with Crippen LogP contribution in [0, 0.1) is 0 Å². The molecule has 1 saturated heterocycles. The highest BCUT2D eigenvalue weighted by Gasteiger charge is 2.39. The molecule has 0 unspecified atom stereocenters. The Balaban J connectivity index is 1.93. The molecule has 1 aromatic heterocycles. The molecule has 3 rings (SSSR count). The van der Waals surface area contributed by atoms with Crippen molar-refractivity contribution in [3.8, 4) is 11.4 Å². The highest BCUT2D eigenvalue weighted by atomic mass is 19.4. The van der Waals surface area contributed by atoms with Crippen molar-refractivity contribution in [2.75, 3.05) is 26.8 Å². The Hall–Kier alpha value is -1.93. The van der Waals surface area contributed by atoms with Crippen molar-refractivity contribution in [1.29, 1.82) is 0 Å². The minimum absolute atomic E-state index is 0.158. The van der Waals surface area contributed by atoms with Crippen molar-refractivity contribution in [2.24, 2.45) is 0 Å². The summed E-state index contributed by atoms with van der Waals surface area (Å²) < 4.78 is 49.3. The Morgan fingerprint density at radius 1 is 1.29 bits per heavy atom. The second-order valence-electron chi connectivity index (χ2n) is 5.97. The van der Waals surface area contributed by atoms with Crippen LogP contribution in [-0.4, -0.2) is 36.9 Å². The Labute approximate surface area is 137 Å². The van der Waals surface area contributed by atoms with Gasteiger partial charge in [0.2, 0.25) is 11.7 Å². The van der Waals surface area contributed by atoms with E-state index in [1.807, 2.05) is 0 Å². The number of aromatic nitrogens is 2. The summed E-state index contributed by atoms with van der Waals surface area (Å²) >= 11 is 0. The lowest BCUT2D eigenvalue weighted by Gasteiger charge is -2.33. The molecule has 1 aliphatic heterocycles. The number of benzene rings is 1. The standard InChI is InChI=1S/C16H18F3N3O2/c1-23-10-15(5-7-20-8-6-15)14-21-13(22-24-14)11-3-2-4-12(9-11)16(17,18)19/h2-4,9,20H,5-8,10H2,1H3. The molecule has 1 fully saturated rings. The first-order chi connectivity index (χ1) is 11.4. The van der Waals surface area contributed by atoms with Crippen molar-refractivity contribution < 1.29 is 22.4 Å². The summed E-state index contributed by atoms with van der Waals surface area (Å²) in [6, 6.07) is 4.92. The third-order valence-corrected chi connectivity index (χ3v) is 4.31. The van der Waals surface area contributed by atoms with Crippen molar-refractivity contribution in [1.82, 2.24) is 15.5 Å². The van der Waals surface area contributed by atoms with Gasteiger partial charge in [0.1, 0.15) is 0 Å². The first kappa shape index (κ1) is 16.9. The molecule has 1 N–H and O–H groups in total. The van der Waals surface area contributed by atoms with E-state index >= 15 is 0 Å². The van der Waals surface area contributed by atoms with E-state index in [0.29, 0.717) is 12.5 Å². The van der Waals surface area contributed by atoms with Gasteiger partial charge in [0.15, 0.2) is 0 Å².